The van der Waals surface area contributed by atoms with Crippen molar-refractivity contribution in [2.24, 2.45) is 0 Å². The van der Waals surface area contributed by atoms with Crippen LogP contribution in [-0.4, -0.2) is 36.5 Å². The Hall–Kier alpha value is -3.72. The molecule has 0 unspecified atom stereocenters. The monoisotopic (exact) mass is 547 g/mol. The van der Waals surface area contributed by atoms with Crippen LogP contribution in [0, 0.1) is 32.5 Å². The van der Waals surface area contributed by atoms with Gasteiger partial charge in [0.1, 0.15) is 0 Å². The van der Waals surface area contributed by atoms with Crippen molar-refractivity contribution in [1.82, 2.24) is 0 Å². The van der Waals surface area contributed by atoms with Crippen LogP contribution in [0.3, 0.4) is 0 Å². The lowest BCUT2D eigenvalue weighted by Crippen LogP contribution is -1.16. The summed E-state index contributed by atoms with van der Waals surface area (Å²) < 4.78 is 0. The van der Waals surface area contributed by atoms with Gasteiger partial charge >= 0.3 is 0 Å². The van der Waals surface area contributed by atoms with Crippen molar-refractivity contribution in [3.8, 4) is 0 Å². The fraction of sp³-hybridized carbons (Fsp3) is 0.750. The number of hydrogen-bond acceptors (Lipinski definition) is 12. The normalized spacial score (nSPS) is 1.33. The highest BCUT2D eigenvalue weighted by molar-refractivity contribution is 5.27. The molecule has 0 aliphatic rings. The van der Waals surface area contributed by atoms with E-state index in [2.05, 4.69) is 0 Å². The Morgan fingerprint density at radius 1 is 0.194 bits per heavy atom. The Balaban J connectivity index is -0.00000000198. The molecule has 0 saturated heterocycles. The van der Waals surface area contributed by atoms with Crippen molar-refractivity contribution in [3.63, 3.8) is 0 Å². The molecule has 0 amide bonds. The summed E-state index contributed by atoms with van der Waals surface area (Å²) in [6.45, 7) is 0. The molecule has 0 atom stereocenters. The number of hydrogen-bond donors (Lipinski definition) is 6. The van der Waals surface area contributed by atoms with Gasteiger partial charge in [-0.25, -0.2) is 61.2 Å². The maximum atomic E-state index is 8.35. The highest BCUT2D eigenvalue weighted by atomic mass is 16.1. The predicted molar refractivity (Wildman–Crippen MR) is 172 cm³/mol. The first-order chi connectivity index (χ1) is 8.49. The van der Waals surface area contributed by atoms with Gasteiger partial charge in [0.25, 0.3) is 0 Å². The predicted octanol–water partition coefficient (Wildman–Crippen LogP) is 10.9. The fourth-order valence-corrected chi connectivity index (χ4v) is 0. The van der Waals surface area contributed by atoms with Crippen LogP contribution < -0.4 is 0 Å². The van der Waals surface area contributed by atoms with Crippen LogP contribution in [0.5, 0.6) is 0 Å². The summed E-state index contributed by atoms with van der Waals surface area (Å²) >= 11 is 0. The Morgan fingerprint density at radius 3 is 0.194 bits per heavy atom. The van der Waals surface area contributed by atoms with Gasteiger partial charge in [-0.15, -0.1) is 0 Å². The first-order valence-corrected chi connectivity index (χ1v) is 2.72. The van der Waals surface area contributed by atoms with Crippen molar-refractivity contribution in [1.29, 1.82) is 32.5 Å². The Labute approximate surface area is 231 Å². The van der Waals surface area contributed by atoms with Gasteiger partial charge in [0.15, 0.2) is 0 Å². The Bertz CT molecular complexity index is 264. The molecule has 0 aromatic rings. The Kier molecular flexibility index (Phi) is 70600. The molecule has 12 nitrogen and oxygen atoms in total. The molecular formula is C24H78N6O6. The van der Waals surface area contributed by atoms with E-state index in [1.807, 2.05) is 0 Å². The summed E-state index contributed by atoms with van der Waals surface area (Å²) in [5.74, 6) is 0. The lowest BCUT2D eigenvalue weighted by Gasteiger charge is -1.02. The molecule has 0 aliphatic heterocycles. The fourth-order valence-electron chi connectivity index (χ4n) is 0. The first-order valence-electron chi connectivity index (χ1n) is 2.72. The summed E-state index contributed by atoms with van der Waals surface area (Å²) in [5.41, 5.74) is 0. The van der Waals surface area contributed by atoms with Gasteiger partial charge in [0, 0.05) is 0 Å². The average molecular weight is 547 g/mol. The van der Waals surface area contributed by atoms with E-state index in [1.165, 1.54) is 0 Å². The van der Waals surface area contributed by atoms with E-state index in [0.717, 1.165) is 36.5 Å². The maximum absolute atomic E-state index is 8.35. The van der Waals surface area contributed by atoms with Gasteiger partial charge < -0.3 is 0 Å². The molecule has 0 rings (SSSR count). The molecule has 0 saturated carbocycles. The van der Waals surface area contributed by atoms with E-state index >= 15 is 0 Å². The number of nitrogens with one attached hydrogen (secondary N) is 6. The number of rotatable bonds is 0. The molecular weight excluding hydrogens is 468 g/mol. The van der Waals surface area contributed by atoms with E-state index in [-0.39, 0.29) is 134 Å². The van der Waals surface area contributed by atoms with Crippen molar-refractivity contribution in [2.45, 2.75) is 134 Å². The minimum absolute atomic E-state index is 0. The number of carbonyl (C=O) groups excluding carboxylic acids is 6. The van der Waals surface area contributed by atoms with Crippen molar-refractivity contribution < 1.29 is 28.8 Å². The van der Waals surface area contributed by atoms with Crippen LogP contribution >= 0.6 is 0 Å². The van der Waals surface area contributed by atoms with Gasteiger partial charge in [0.05, 0.1) is 0 Å². The molecule has 36 heavy (non-hydrogen) atoms. The largest absolute Gasteiger partial charge is 0.231 e. The minimum atomic E-state index is 0. The lowest BCUT2D eigenvalue weighted by atomic mass is 11.7. The van der Waals surface area contributed by atoms with Crippen LogP contribution in [0.4, 0.5) is 0 Å². The van der Waals surface area contributed by atoms with Gasteiger partial charge in [-0.05, 0) is 0 Å². The average Bonchev–Trinajstić information content (AvgIpc) is 2.23. The van der Waals surface area contributed by atoms with E-state index in [4.69, 9.17) is 61.2 Å². The Morgan fingerprint density at radius 2 is 0.194 bits per heavy atom. The molecule has 240 valence electrons. The van der Waals surface area contributed by atoms with Gasteiger partial charge in [-0.3, -0.25) is 0 Å². The molecule has 0 radical (unpaired) electrons. The third kappa shape index (κ3) is 1880. The van der Waals surface area contributed by atoms with E-state index in [9.17, 15) is 0 Å². The summed E-state index contributed by atoms with van der Waals surface area (Å²) in [4.78, 5) is 50.1. The zero-order valence-corrected chi connectivity index (χ0v) is 8.45. The third-order valence-corrected chi connectivity index (χ3v) is 0. The summed E-state index contributed by atoms with van der Waals surface area (Å²) in [6, 6.07) is 0. The van der Waals surface area contributed by atoms with Crippen LogP contribution in [0.25, 0.3) is 0 Å². The van der Waals surface area contributed by atoms with E-state index in [1.54, 1.807) is 0 Å². The molecule has 12 heteroatoms. The zero-order valence-electron chi connectivity index (χ0n) is 8.45. The van der Waals surface area contributed by atoms with Gasteiger partial charge in [-0.1, -0.05) is 134 Å². The number of isocyanates is 6. The molecule has 0 aromatic carbocycles. The second-order valence-corrected chi connectivity index (χ2v) is 0.612. The highest BCUT2D eigenvalue weighted by Gasteiger charge is 1.05. The van der Waals surface area contributed by atoms with Gasteiger partial charge in [0.2, 0.25) is 36.5 Å². The highest BCUT2D eigenvalue weighted by Crippen LogP contribution is 0.883. The van der Waals surface area contributed by atoms with Crippen LogP contribution in [0.2, 0.25) is 0 Å². The quantitative estimate of drug-likeness (QED) is 0.127. The summed E-state index contributed by atoms with van der Waals surface area (Å²) in [7, 11) is 0. The molecule has 6 N–H and O–H groups in total. The van der Waals surface area contributed by atoms with E-state index < -0.39 is 0 Å². The third-order valence-electron chi connectivity index (χ3n) is 0. The topological polar surface area (TPSA) is 246 Å². The zero-order chi connectivity index (χ0) is 16.2. The first kappa shape index (κ1) is 461. The molecule has 0 heterocycles. The van der Waals surface area contributed by atoms with E-state index in [0.29, 0.717) is 0 Å². The molecule has 0 bridgehead atoms. The van der Waals surface area contributed by atoms with Crippen molar-refractivity contribution >= 4 is 36.5 Å². The standard InChI is InChI=1S/6CHNO.18CH4/c6*2-1-3;;;;;;;;;;;;;;;;;;/h6*2H;18*1H4. The molecule has 0 aliphatic carbocycles. The smallest absolute Gasteiger partial charge is 0.222 e. The second-order valence-electron chi connectivity index (χ2n) is 0.612. The van der Waals surface area contributed by atoms with Crippen molar-refractivity contribution in [2.75, 3.05) is 0 Å². The summed E-state index contributed by atoms with van der Waals surface area (Å²) in [6.07, 6.45) is 4.50. The van der Waals surface area contributed by atoms with Gasteiger partial charge in [-0.2, -0.15) is 0 Å². The molecule has 0 fully saturated rings. The second kappa shape index (κ2) is 5520. The van der Waals surface area contributed by atoms with Crippen LogP contribution in [-0.2, 0) is 28.8 Å². The van der Waals surface area contributed by atoms with Crippen LogP contribution in [0.15, 0.2) is 0 Å². The maximum Gasteiger partial charge on any atom is 0.231 e. The van der Waals surface area contributed by atoms with Crippen LogP contribution in [0.1, 0.15) is 134 Å². The SMILES string of the molecule is C.C.C.C.C.C.C.C.C.C.C.C.C.C.C.C.C.C.N=C=O.N=C=O.N=C=O.N=C=O.N=C=O.N=C=O. The lowest BCUT2D eigenvalue weighted by molar-refractivity contribution is 0.562. The molecule has 0 spiro atoms. The molecule has 0 aromatic heterocycles. The van der Waals surface area contributed by atoms with Crippen molar-refractivity contribution in [3.05, 3.63) is 0 Å². The summed E-state index contributed by atoms with van der Waals surface area (Å²) in [5, 5.41) is 32.4. The minimum Gasteiger partial charge on any atom is -0.222 e.